The fraction of sp³-hybridized carbons (Fsp3) is 0.643. The molecule has 0 unspecified atom stereocenters. The molecule has 0 bridgehead atoms. The van der Waals surface area contributed by atoms with E-state index >= 15 is 0 Å². The van der Waals surface area contributed by atoms with Gasteiger partial charge in [-0.15, -0.1) is 0 Å². The molecule has 0 aromatic carbocycles. The highest BCUT2D eigenvalue weighted by Crippen LogP contribution is 2.04. The first kappa shape index (κ1) is 18.1. The van der Waals surface area contributed by atoms with Crippen LogP contribution in [0.3, 0.4) is 0 Å². The smallest absolute Gasteiger partial charge is 0.352 e. The second kappa shape index (κ2) is 8.50. The topological polar surface area (TPSA) is 105 Å². The molecule has 8 nitrogen and oxygen atoms in total. The Balaban J connectivity index is 3.31. The molecule has 1 aromatic heterocycles. The van der Waals surface area contributed by atoms with Gasteiger partial charge in [0.15, 0.2) is 0 Å². The summed E-state index contributed by atoms with van der Waals surface area (Å²) in [6, 6.07) is 0. The van der Waals surface area contributed by atoms with Crippen LogP contribution in [0.1, 0.15) is 36.3 Å². The van der Waals surface area contributed by atoms with Crippen molar-refractivity contribution in [1.82, 2.24) is 14.5 Å². The lowest BCUT2D eigenvalue weighted by Gasteiger charge is -2.19. The van der Waals surface area contributed by atoms with Gasteiger partial charge in [-0.3, -0.25) is 14.3 Å². The molecule has 0 fully saturated rings. The zero-order valence-electron chi connectivity index (χ0n) is 13.2. The first-order valence-electron chi connectivity index (χ1n) is 7.26. The van der Waals surface area contributed by atoms with E-state index in [2.05, 4.69) is 4.98 Å². The number of aromatic nitrogens is 2. The number of carboxylic acids is 1. The fourth-order valence-electron chi connectivity index (χ4n) is 2.18. The molecule has 0 spiro atoms. The fourth-order valence-corrected chi connectivity index (χ4v) is 2.18. The molecular weight excluding hydrogens is 290 g/mol. The van der Waals surface area contributed by atoms with Gasteiger partial charge in [-0.1, -0.05) is 13.8 Å². The molecule has 0 saturated heterocycles. The molecule has 1 aromatic rings. The Kier molecular flexibility index (Phi) is 7.00. The van der Waals surface area contributed by atoms with Gasteiger partial charge in [0.2, 0.25) is 0 Å². The maximum absolute atomic E-state index is 12.5. The van der Waals surface area contributed by atoms with Crippen molar-refractivity contribution in [3.8, 4) is 0 Å². The Morgan fingerprint density at radius 1 is 1.32 bits per heavy atom. The molecule has 8 heteroatoms. The Bertz CT molecular complexity index is 616. The molecule has 0 saturated carbocycles. The summed E-state index contributed by atoms with van der Waals surface area (Å²) in [6.45, 7) is 5.99. The van der Waals surface area contributed by atoms with E-state index in [9.17, 15) is 19.5 Å². The van der Waals surface area contributed by atoms with Gasteiger partial charge in [-0.25, -0.2) is 9.59 Å². The van der Waals surface area contributed by atoms with E-state index in [-0.39, 0.29) is 24.3 Å². The van der Waals surface area contributed by atoms with Gasteiger partial charge in [0.25, 0.3) is 5.56 Å². The Hall–Kier alpha value is -1.93. The lowest BCUT2D eigenvalue weighted by Crippen LogP contribution is -2.41. The monoisotopic (exact) mass is 313 g/mol. The van der Waals surface area contributed by atoms with E-state index < -0.39 is 17.2 Å². The maximum Gasteiger partial charge on any atom is 0.352 e. The summed E-state index contributed by atoms with van der Waals surface area (Å²) in [5, 5.41) is 9.22. The van der Waals surface area contributed by atoms with Crippen molar-refractivity contribution in [1.29, 1.82) is 0 Å². The highest BCUT2D eigenvalue weighted by molar-refractivity contribution is 5.86. The number of rotatable bonds is 9. The summed E-state index contributed by atoms with van der Waals surface area (Å²) in [5.41, 5.74) is -1.48. The molecule has 1 heterocycles. The summed E-state index contributed by atoms with van der Waals surface area (Å²) < 4.78 is 5.94. The van der Waals surface area contributed by atoms with Crippen molar-refractivity contribution in [2.24, 2.45) is 0 Å². The SMILES string of the molecule is CCN(CC)Cc1c(C(=O)O)[nH]c(=O)n(CCCOC)c1=O. The summed E-state index contributed by atoms with van der Waals surface area (Å²) >= 11 is 0. The second-order valence-electron chi connectivity index (χ2n) is 4.85. The van der Waals surface area contributed by atoms with E-state index in [4.69, 9.17) is 4.74 Å². The Morgan fingerprint density at radius 2 is 1.95 bits per heavy atom. The van der Waals surface area contributed by atoms with Crippen molar-refractivity contribution < 1.29 is 14.6 Å². The predicted octanol–water partition coefficient (Wildman–Crippen LogP) is 0.113. The number of hydrogen-bond acceptors (Lipinski definition) is 5. The van der Waals surface area contributed by atoms with Crippen LogP contribution in [-0.4, -0.2) is 52.3 Å². The van der Waals surface area contributed by atoms with Gasteiger partial charge < -0.3 is 14.8 Å². The zero-order valence-corrected chi connectivity index (χ0v) is 13.2. The number of nitrogens with zero attached hydrogens (tertiary/aromatic N) is 2. The van der Waals surface area contributed by atoms with E-state index in [0.717, 1.165) is 4.57 Å². The third kappa shape index (κ3) is 4.28. The molecule has 22 heavy (non-hydrogen) atoms. The number of aromatic carboxylic acids is 1. The van der Waals surface area contributed by atoms with Gasteiger partial charge in [-0.05, 0) is 19.5 Å². The Labute approximate surface area is 128 Å². The lowest BCUT2D eigenvalue weighted by atomic mass is 10.2. The summed E-state index contributed by atoms with van der Waals surface area (Å²) in [4.78, 5) is 39.9. The van der Waals surface area contributed by atoms with Gasteiger partial charge in [0.1, 0.15) is 5.69 Å². The molecule has 0 aliphatic heterocycles. The maximum atomic E-state index is 12.5. The molecule has 124 valence electrons. The van der Waals surface area contributed by atoms with Crippen molar-refractivity contribution in [2.75, 3.05) is 26.8 Å². The predicted molar refractivity (Wildman–Crippen MR) is 81.4 cm³/mol. The zero-order chi connectivity index (χ0) is 16.7. The van der Waals surface area contributed by atoms with Gasteiger partial charge >= 0.3 is 11.7 Å². The Morgan fingerprint density at radius 3 is 2.45 bits per heavy atom. The van der Waals surface area contributed by atoms with Crippen molar-refractivity contribution >= 4 is 5.97 Å². The number of nitrogens with one attached hydrogen (secondary N) is 1. The number of hydrogen-bond donors (Lipinski definition) is 2. The van der Waals surface area contributed by atoms with Gasteiger partial charge in [0, 0.05) is 26.8 Å². The molecule has 1 rings (SSSR count). The molecular formula is C14H23N3O5. The molecule has 0 aliphatic carbocycles. The highest BCUT2D eigenvalue weighted by atomic mass is 16.5. The van der Waals surface area contributed by atoms with E-state index in [1.165, 1.54) is 7.11 Å². The van der Waals surface area contributed by atoms with Gasteiger partial charge in [0.05, 0.1) is 5.56 Å². The quantitative estimate of drug-likeness (QED) is 0.627. The number of H-pyrrole nitrogens is 1. The van der Waals surface area contributed by atoms with E-state index in [0.29, 0.717) is 26.1 Å². The number of methoxy groups -OCH3 is 1. The van der Waals surface area contributed by atoms with Crippen molar-refractivity contribution in [3.05, 3.63) is 32.1 Å². The minimum absolute atomic E-state index is 0.105. The van der Waals surface area contributed by atoms with Crippen LogP contribution in [0.4, 0.5) is 0 Å². The van der Waals surface area contributed by atoms with Crippen LogP contribution in [0.2, 0.25) is 0 Å². The average molecular weight is 313 g/mol. The van der Waals surface area contributed by atoms with Crippen LogP contribution in [0.5, 0.6) is 0 Å². The van der Waals surface area contributed by atoms with Crippen molar-refractivity contribution in [3.63, 3.8) is 0 Å². The van der Waals surface area contributed by atoms with Crippen LogP contribution in [0.25, 0.3) is 0 Å². The van der Waals surface area contributed by atoms with Crippen LogP contribution >= 0.6 is 0 Å². The third-order valence-corrected chi connectivity index (χ3v) is 3.50. The van der Waals surface area contributed by atoms with Crippen LogP contribution in [-0.2, 0) is 17.8 Å². The van der Waals surface area contributed by atoms with Gasteiger partial charge in [-0.2, -0.15) is 0 Å². The largest absolute Gasteiger partial charge is 0.477 e. The number of aromatic amines is 1. The molecule has 0 amide bonds. The minimum atomic E-state index is -1.31. The van der Waals surface area contributed by atoms with Crippen LogP contribution in [0, 0.1) is 0 Å². The summed E-state index contributed by atoms with van der Waals surface area (Å²) in [6.07, 6.45) is 0.497. The molecule has 0 atom stereocenters. The molecule has 0 aliphatic rings. The second-order valence-corrected chi connectivity index (χ2v) is 4.85. The highest BCUT2D eigenvalue weighted by Gasteiger charge is 2.20. The molecule has 2 N–H and O–H groups in total. The number of carboxylic acid groups (broad SMARTS) is 1. The first-order chi connectivity index (χ1) is 10.5. The van der Waals surface area contributed by atoms with Crippen LogP contribution in [0.15, 0.2) is 9.59 Å². The third-order valence-electron chi connectivity index (χ3n) is 3.50. The number of carbonyl (C=O) groups is 1. The average Bonchev–Trinajstić information content (AvgIpc) is 2.49. The number of ether oxygens (including phenoxy) is 1. The lowest BCUT2D eigenvalue weighted by molar-refractivity contribution is 0.0686. The van der Waals surface area contributed by atoms with E-state index in [1.807, 2.05) is 18.7 Å². The molecule has 0 radical (unpaired) electrons. The summed E-state index contributed by atoms with van der Waals surface area (Å²) in [7, 11) is 1.53. The first-order valence-corrected chi connectivity index (χ1v) is 7.26. The van der Waals surface area contributed by atoms with Crippen molar-refractivity contribution in [2.45, 2.75) is 33.4 Å². The normalized spacial score (nSPS) is 11.1. The van der Waals surface area contributed by atoms with Crippen LogP contribution < -0.4 is 11.2 Å². The minimum Gasteiger partial charge on any atom is -0.477 e. The summed E-state index contributed by atoms with van der Waals surface area (Å²) in [5.74, 6) is -1.31. The van der Waals surface area contributed by atoms with E-state index in [1.54, 1.807) is 0 Å². The standard InChI is InChI=1S/C14H23N3O5/c1-4-16(5-2)9-10-11(13(19)20)15-14(21)17(12(10)18)7-6-8-22-3/h4-9H2,1-3H3,(H,15,21)(H,19,20).